The molecule has 0 aliphatic rings. The maximum absolute atomic E-state index is 13.1. The Morgan fingerprint density at radius 3 is 2.67 bits per heavy atom. The molecular weight excluding hydrogens is 295 g/mol. The van der Waals surface area contributed by atoms with Crippen molar-refractivity contribution in [1.29, 1.82) is 0 Å². The number of hydrogen-bond donors (Lipinski definition) is 2. The van der Waals surface area contributed by atoms with Crippen LogP contribution in [-0.4, -0.2) is 15.5 Å². The van der Waals surface area contributed by atoms with Gasteiger partial charge in [-0.1, -0.05) is 12.1 Å². The maximum atomic E-state index is 13.1. The zero-order valence-electron chi connectivity index (χ0n) is 11.3. The van der Waals surface area contributed by atoms with Crippen LogP contribution in [0.5, 0.6) is 5.75 Å². The summed E-state index contributed by atoms with van der Waals surface area (Å²) in [5.74, 6) is -0.409. The molecule has 2 rings (SSSR count). The lowest BCUT2D eigenvalue weighted by Crippen LogP contribution is -2.14. The van der Waals surface area contributed by atoms with Gasteiger partial charge in [-0.05, 0) is 29.8 Å². The molecule has 0 aliphatic heterocycles. The Labute approximate surface area is 122 Å². The van der Waals surface area contributed by atoms with Crippen molar-refractivity contribution in [2.45, 2.75) is 11.4 Å². The van der Waals surface area contributed by atoms with Crippen LogP contribution in [0, 0.1) is 5.82 Å². The number of anilines is 1. The smallest absolute Gasteiger partial charge is 0.262 e. The Kier molecular flexibility index (Phi) is 4.44. The van der Waals surface area contributed by atoms with E-state index in [0.29, 0.717) is 5.56 Å². The summed E-state index contributed by atoms with van der Waals surface area (Å²) in [6, 6.07) is 9.84. The van der Waals surface area contributed by atoms with Crippen LogP contribution in [0.4, 0.5) is 10.1 Å². The average Bonchev–Trinajstić information content (AvgIpc) is 2.49. The molecular formula is C14H15FN2O3S. The number of nitrogens with two attached hydrogens (primary N) is 1. The second-order valence-corrected chi connectivity index (χ2v) is 5.98. The van der Waals surface area contributed by atoms with E-state index < -0.39 is 15.8 Å². The molecule has 0 heterocycles. The zero-order valence-corrected chi connectivity index (χ0v) is 12.2. The molecule has 112 valence electrons. The summed E-state index contributed by atoms with van der Waals surface area (Å²) < 4.78 is 45.1. The van der Waals surface area contributed by atoms with Crippen LogP contribution in [0.15, 0.2) is 47.4 Å². The number of benzene rings is 2. The first-order valence-electron chi connectivity index (χ1n) is 6.11. The summed E-state index contributed by atoms with van der Waals surface area (Å²) in [5.41, 5.74) is 6.36. The fourth-order valence-electron chi connectivity index (χ4n) is 1.79. The Morgan fingerprint density at radius 2 is 2.00 bits per heavy atom. The molecule has 0 amide bonds. The van der Waals surface area contributed by atoms with Gasteiger partial charge in [-0.15, -0.1) is 0 Å². The van der Waals surface area contributed by atoms with Crippen LogP contribution in [0.3, 0.4) is 0 Å². The standard InChI is InChI=1S/C14H15FN2O3S/c1-20-14-8-11(15)5-6-13(14)17-21(18,19)12-4-2-3-10(7-12)9-16/h2-8,17H,9,16H2,1H3. The number of ether oxygens (including phenoxy) is 1. The van der Waals surface area contributed by atoms with Gasteiger partial charge in [0, 0.05) is 12.6 Å². The highest BCUT2D eigenvalue weighted by atomic mass is 32.2. The first-order valence-corrected chi connectivity index (χ1v) is 7.60. The third-order valence-electron chi connectivity index (χ3n) is 2.85. The molecule has 0 saturated heterocycles. The lowest BCUT2D eigenvalue weighted by molar-refractivity contribution is 0.413. The number of methoxy groups -OCH3 is 1. The van der Waals surface area contributed by atoms with E-state index in [9.17, 15) is 12.8 Å². The Morgan fingerprint density at radius 1 is 1.24 bits per heavy atom. The molecule has 2 aromatic carbocycles. The topological polar surface area (TPSA) is 81.4 Å². The minimum absolute atomic E-state index is 0.0804. The van der Waals surface area contributed by atoms with Gasteiger partial charge in [-0.25, -0.2) is 12.8 Å². The maximum Gasteiger partial charge on any atom is 0.262 e. The minimum Gasteiger partial charge on any atom is -0.494 e. The van der Waals surface area contributed by atoms with E-state index in [1.807, 2.05) is 0 Å². The molecule has 0 bridgehead atoms. The molecule has 5 nitrogen and oxygen atoms in total. The van der Waals surface area contributed by atoms with Gasteiger partial charge in [0.1, 0.15) is 11.6 Å². The van der Waals surface area contributed by atoms with Crippen LogP contribution in [-0.2, 0) is 16.6 Å². The summed E-state index contributed by atoms with van der Waals surface area (Å²) in [4.78, 5) is 0.0804. The fraction of sp³-hybridized carbons (Fsp3) is 0.143. The molecule has 0 spiro atoms. The number of hydrogen-bond acceptors (Lipinski definition) is 4. The molecule has 0 unspecified atom stereocenters. The lowest BCUT2D eigenvalue weighted by atomic mass is 10.2. The molecule has 0 aromatic heterocycles. The highest BCUT2D eigenvalue weighted by molar-refractivity contribution is 7.92. The summed E-state index contributed by atoms with van der Waals surface area (Å²) in [6.45, 7) is 0.239. The van der Waals surface area contributed by atoms with Crippen LogP contribution in [0.1, 0.15) is 5.56 Å². The normalized spacial score (nSPS) is 11.2. The average molecular weight is 310 g/mol. The van der Waals surface area contributed by atoms with Crippen LogP contribution >= 0.6 is 0 Å². The van der Waals surface area contributed by atoms with Crippen molar-refractivity contribution in [3.63, 3.8) is 0 Å². The van der Waals surface area contributed by atoms with E-state index in [4.69, 9.17) is 10.5 Å². The van der Waals surface area contributed by atoms with Gasteiger partial charge in [0.2, 0.25) is 0 Å². The van der Waals surface area contributed by atoms with Crippen molar-refractivity contribution < 1.29 is 17.5 Å². The van der Waals surface area contributed by atoms with Gasteiger partial charge in [0.05, 0.1) is 17.7 Å². The van der Waals surface area contributed by atoms with Gasteiger partial charge < -0.3 is 10.5 Å². The first kappa shape index (κ1) is 15.3. The van der Waals surface area contributed by atoms with Gasteiger partial charge in [0.25, 0.3) is 10.0 Å². The van der Waals surface area contributed by atoms with Gasteiger partial charge in [0.15, 0.2) is 0 Å². The predicted octanol–water partition coefficient (Wildman–Crippen LogP) is 2.09. The number of halogens is 1. The molecule has 2 aromatic rings. The van der Waals surface area contributed by atoms with Crippen LogP contribution in [0.2, 0.25) is 0 Å². The van der Waals surface area contributed by atoms with Crippen molar-refractivity contribution in [1.82, 2.24) is 0 Å². The molecule has 0 radical (unpaired) electrons. The molecule has 3 N–H and O–H groups in total. The van der Waals surface area contributed by atoms with E-state index in [-0.39, 0.29) is 22.9 Å². The number of rotatable bonds is 5. The summed E-state index contributed by atoms with van der Waals surface area (Å²) >= 11 is 0. The largest absolute Gasteiger partial charge is 0.494 e. The highest BCUT2D eigenvalue weighted by Crippen LogP contribution is 2.27. The summed E-state index contributed by atoms with van der Waals surface area (Å²) in [7, 11) is -2.46. The van der Waals surface area contributed by atoms with Crippen molar-refractivity contribution in [3.8, 4) is 5.75 Å². The van der Waals surface area contributed by atoms with E-state index in [1.165, 1.54) is 25.3 Å². The van der Waals surface area contributed by atoms with E-state index in [2.05, 4.69) is 4.72 Å². The molecule has 0 fully saturated rings. The third kappa shape index (κ3) is 3.50. The van der Waals surface area contributed by atoms with Gasteiger partial charge >= 0.3 is 0 Å². The Bertz CT molecular complexity index is 748. The second kappa shape index (κ2) is 6.11. The second-order valence-electron chi connectivity index (χ2n) is 4.30. The highest BCUT2D eigenvalue weighted by Gasteiger charge is 2.17. The van der Waals surface area contributed by atoms with Crippen molar-refractivity contribution in [3.05, 3.63) is 53.8 Å². The Balaban J connectivity index is 2.37. The SMILES string of the molecule is COc1cc(F)ccc1NS(=O)(=O)c1cccc(CN)c1. The molecule has 0 atom stereocenters. The zero-order chi connectivity index (χ0) is 15.5. The van der Waals surface area contributed by atoms with E-state index in [0.717, 1.165) is 12.1 Å². The van der Waals surface area contributed by atoms with Crippen LogP contribution in [0.25, 0.3) is 0 Å². The lowest BCUT2D eigenvalue weighted by Gasteiger charge is -2.12. The first-order chi connectivity index (χ1) is 9.96. The van der Waals surface area contributed by atoms with Crippen molar-refractivity contribution in [2.75, 3.05) is 11.8 Å². The quantitative estimate of drug-likeness (QED) is 0.886. The monoisotopic (exact) mass is 310 g/mol. The fourth-order valence-corrected chi connectivity index (χ4v) is 2.93. The molecule has 0 saturated carbocycles. The van der Waals surface area contributed by atoms with Gasteiger partial charge in [-0.3, -0.25) is 4.72 Å². The van der Waals surface area contributed by atoms with E-state index >= 15 is 0 Å². The summed E-state index contributed by atoms with van der Waals surface area (Å²) in [6.07, 6.45) is 0. The van der Waals surface area contributed by atoms with Gasteiger partial charge in [-0.2, -0.15) is 0 Å². The van der Waals surface area contributed by atoms with Crippen molar-refractivity contribution >= 4 is 15.7 Å². The van der Waals surface area contributed by atoms with E-state index in [1.54, 1.807) is 12.1 Å². The summed E-state index contributed by atoms with van der Waals surface area (Å²) in [5, 5.41) is 0. The predicted molar refractivity (Wildman–Crippen MR) is 78.1 cm³/mol. The Hall–Kier alpha value is -2.12. The number of nitrogens with one attached hydrogen (secondary N) is 1. The molecule has 7 heteroatoms. The molecule has 21 heavy (non-hydrogen) atoms. The van der Waals surface area contributed by atoms with Crippen molar-refractivity contribution in [2.24, 2.45) is 5.73 Å². The molecule has 0 aliphatic carbocycles. The third-order valence-corrected chi connectivity index (χ3v) is 4.22. The minimum atomic E-state index is -3.80. The number of sulfonamides is 1. The van der Waals surface area contributed by atoms with Crippen LogP contribution < -0.4 is 15.2 Å².